The molecule has 1 aliphatic heterocycles. The summed E-state index contributed by atoms with van der Waals surface area (Å²) in [5.74, 6) is 5.09. The molecule has 0 bridgehead atoms. The van der Waals surface area contributed by atoms with Crippen molar-refractivity contribution in [3.63, 3.8) is 0 Å². The molecule has 0 aliphatic carbocycles. The molecule has 1 aliphatic rings. The molecule has 0 saturated carbocycles. The lowest BCUT2D eigenvalue weighted by atomic mass is 9.89. The molecule has 0 spiro atoms. The van der Waals surface area contributed by atoms with Crippen LogP contribution in [-0.2, 0) is 20.8 Å². The van der Waals surface area contributed by atoms with Crippen molar-refractivity contribution in [2.75, 3.05) is 77.5 Å². The van der Waals surface area contributed by atoms with Gasteiger partial charge in [0.1, 0.15) is 17.9 Å². The number of aromatic hydroxyl groups is 1. The number of carbonyl (C=O) groups excluding carboxylic acids is 1. The van der Waals surface area contributed by atoms with Gasteiger partial charge in [0.05, 0.1) is 51.3 Å². The number of phenolic OH excluding ortho intramolecular Hbond substituents is 1. The predicted octanol–water partition coefficient (Wildman–Crippen LogP) is 4.31. The number of hydrogen-bond acceptors (Lipinski definition) is 9. The number of likely N-dealkylation sites (tertiary alicyclic amines) is 1. The first-order chi connectivity index (χ1) is 22.1. The fourth-order valence-electron chi connectivity index (χ4n) is 5.59. The first-order valence-electron chi connectivity index (χ1n) is 15.1. The Bertz CT molecular complexity index is 1520. The number of carbonyl (C=O) groups is 1. The molecule has 2 heterocycles. The molecule has 46 heavy (non-hydrogen) atoms. The van der Waals surface area contributed by atoms with Gasteiger partial charge in [0, 0.05) is 42.0 Å². The zero-order valence-electron chi connectivity index (χ0n) is 26.0. The maximum absolute atomic E-state index is 13.7. The number of piperidine rings is 1. The molecular weight excluding hydrogens is 605 g/mol. The first-order valence-corrected chi connectivity index (χ1v) is 15.1. The van der Waals surface area contributed by atoms with Crippen LogP contribution in [0.15, 0.2) is 42.5 Å². The van der Waals surface area contributed by atoms with Gasteiger partial charge in [-0.3, -0.25) is 0 Å². The van der Waals surface area contributed by atoms with Gasteiger partial charge in [0.2, 0.25) is 0 Å². The number of halogens is 3. The van der Waals surface area contributed by atoms with Crippen molar-refractivity contribution >= 4 is 28.2 Å². The Hall–Kier alpha value is -3.96. The highest BCUT2D eigenvalue weighted by molar-refractivity contribution is 5.94. The highest BCUT2D eigenvalue weighted by Gasteiger charge is 2.31. The van der Waals surface area contributed by atoms with Gasteiger partial charge < -0.3 is 44.5 Å². The second-order valence-electron chi connectivity index (χ2n) is 11.1. The van der Waals surface area contributed by atoms with Crippen molar-refractivity contribution in [2.24, 2.45) is 5.92 Å². The van der Waals surface area contributed by atoms with Crippen LogP contribution in [0, 0.1) is 17.8 Å². The van der Waals surface area contributed by atoms with E-state index < -0.39 is 18.7 Å². The minimum Gasteiger partial charge on any atom is -0.507 e. The lowest BCUT2D eigenvalue weighted by Crippen LogP contribution is -2.45. The summed E-state index contributed by atoms with van der Waals surface area (Å²) in [7, 11) is 3.29. The van der Waals surface area contributed by atoms with Crippen LogP contribution in [0.2, 0.25) is 0 Å². The lowest BCUT2D eigenvalue weighted by Gasteiger charge is -2.38. The van der Waals surface area contributed by atoms with Gasteiger partial charge in [0.25, 0.3) is 0 Å². The number of aliphatic hydroxyl groups excluding tert-OH is 1. The van der Waals surface area contributed by atoms with Crippen molar-refractivity contribution in [1.82, 2.24) is 9.47 Å². The Morgan fingerprint density at radius 1 is 1.11 bits per heavy atom. The summed E-state index contributed by atoms with van der Waals surface area (Å²) >= 11 is 0. The van der Waals surface area contributed by atoms with Crippen molar-refractivity contribution in [3.05, 3.63) is 53.7 Å². The third-order valence-corrected chi connectivity index (χ3v) is 7.80. The van der Waals surface area contributed by atoms with Crippen molar-refractivity contribution in [2.45, 2.75) is 31.6 Å². The Labute approximate surface area is 266 Å². The molecule has 4 rings (SSSR count). The zero-order chi connectivity index (χ0) is 33.1. The Morgan fingerprint density at radius 2 is 1.89 bits per heavy atom. The fraction of sp³-hybridized carbons (Fsp3) is 0.485. The van der Waals surface area contributed by atoms with Gasteiger partial charge in [-0.1, -0.05) is 12.0 Å². The highest BCUT2D eigenvalue weighted by Crippen LogP contribution is 2.32. The molecule has 13 heteroatoms. The number of benzene rings is 2. The summed E-state index contributed by atoms with van der Waals surface area (Å²) in [4.78, 5) is 14.0. The average molecular weight is 647 g/mol. The van der Waals surface area contributed by atoms with E-state index in [9.17, 15) is 23.1 Å². The molecule has 10 nitrogen and oxygen atoms in total. The zero-order valence-corrected chi connectivity index (χ0v) is 26.0. The van der Waals surface area contributed by atoms with Crippen molar-refractivity contribution < 1.29 is 42.4 Å². The Kier molecular flexibility index (Phi) is 12.6. The van der Waals surface area contributed by atoms with E-state index in [4.69, 9.17) is 14.6 Å². The van der Waals surface area contributed by atoms with Gasteiger partial charge in [-0.05, 0) is 68.6 Å². The molecular formula is C33H41F3N4O6. The molecule has 0 radical (unpaired) electrons. The smallest absolute Gasteiger partial charge is 0.406 e. The van der Waals surface area contributed by atoms with Crippen LogP contribution >= 0.6 is 0 Å². The van der Waals surface area contributed by atoms with Gasteiger partial charge in [0.15, 0.2) is 0 Å². The van der Waals surface area contributed by atoms with Crippen LogP contribution < -0.4 is 10.6 Å². The molecule has 1 fully saturated rings. The first kappa shape index (κ1) is 34.9. The Balaban J connectivity index is 1.50. The van der Waals surface area contributed by atoms with Gasteiger partial charge in [-0.15, -0.1) is 0 Å². The molecule has 3 aromatic rings. The maximum Gasteiger partial charge on any atom is 0.406 e. The SMILES string of the molecule is COC(=O)c1ccc(NCC#Cc2cc3c(NC4CCN(C)CC4CCOCCOCCO)cccc3n2CC(F)(F)F)cc1O. The number of hydrogen-bond donors (Lipinski definition) is 4. The van der Waals surface area contributed by atoms with Crippen LogP contribution in [0.3, 0.4) is 0 Å². The van der Waals surface area contributed by atoms with E-state index in [0.717, 1.165) is 31.6 Å². The van der Waals surface area contributed by atoms with Crippen LogP contribution in [0.1, 0.15) is 28.9 Å². The third-order valence-electron chi connectivity index (χ3n) is 7.80. The number of anilines is 2. The molecule has 0 amide bonds. The Morgan fingerprint density at radius 3 is 2.61 bits per heavy atom. The number of phenols is 1. The number of nitrogens with zero attached hydrogens (tertiary/aromatic N) is 2. The number of nitrogens with one attached hydrogen (secondary N) is 2. The van der Waals surface area contributed by atoms with Gasteiger partial charge >= 0.3 is 12.1 Å². The average Bonchev–Trinajstić information content (AvgIpc) is 3.36. The molecule has 1 saturated heterocycles. The van der Waals surface area contributed by atoms with Gasteiger partial charge in [-0.25, -0.2) is 4.79 Å². The van der Waals surface area contributed by atoms with E-state index >= 15 is 0 Å². The normalized spacial score (nSPS) is 17.0. The minimum absolute atomic E-state index is 0.0144. The minimum atomic E-state index is -4.45. The number of aromatic nitrogens is 1. The lowest BCUT2D eigenvalue weighted by molar-refractivity contribution is -0.140. The standard InChI is InChI=1S/C33H41F3N4O6/c1-39-13-10-28(23(21-39)11-15-45-17-18-46-16-14-41)38-29-6-3-7-30-27(29)20-25(40(30)22-33(34,35)36)5-4-12-37-24-8-9-26(31(42)19-24)32(43)44-2/h3,6-9,19-20,23,28,37-38,41-42H,10-18,21-22H2,1-2H3. The third kappa shape index (κ3) is 9.77. The van der Waals surface area contributed by atoms with Crippen molar-refractivity contribution in [3.8, 4) is 17.6 Å². The summed E-state index contributed by atoms with van der Waals surface area (Å²) in [6.07, 6.45) is -2.78. The van der Waals surface area contributed by atoms with Crippen molar-refractivity contribution in [1.29, 1.82) is 0 Å². The predicted molar refractivity (Wildman–Crippen MR) is 169 cm³/mol. The molecule has 1 aromatic heterocycles. The number of fused-ring (bicyclic) bond motifs is 1. The number of esters is 1. The van der Waals surface area contributed by atoms with E-state index in [0.29, 0.717) is 36.4 Å². The quantitative estimate of drug-likeness (QED) is 0.116. The topological polar surface area (TPSA) is 117 Å². The number of methoxy groups -OCH3 is 1. The van der Waals surface area contributed by atoms with E-state index in [1.165, 1.54) is 23.8 Å². The number of alkyl halides is 3. The summed E-state index contributed by atoms with van der Waals surface area (Å²) in [6, 6.07) is 11.4. The summed E-state index contributed by atoms with van der Waals surface area (Å²) < 4.78 is 57.9. The molecule has 2 aromatic carbocycles. The maximum atomic E-state index is 13.7. The number of aliphatic hydroxyl groups is 1. The molecule has 2 atom stereocenters. The number of ether oxygens (including phenoxy) is 3. The largest absolute Gasteiger partial charge is 0.507 e. The van der Waals surface area contributed by atoms with Crippen LogP contribution in [0.4, 0.5) is 24.5 Å². The summed E-state index contributed by atoms with van der Waals surface area (Å²) in [5.41, 5.74) is 1.90. The molecule has 4 N–H and O–H groups in total. The van der Waals surface area contributed by atoms with Crippen LogP contribution in [0.25, 0.3) is 10.9 Å². The second kappa shape index (κ2) is 16.6. The monoisotopic (exact) mass is 646 g/mol. The van der Waals surface area contributed by atoms with Crippen LogP contribution in [-0.4, -0.2) is 105 Å². The van der Waals surface area contributed by atoms with Gasteiger partial charge in [-0.2, -0.15) is 13.2 Å². The number of rotatable bonds is 14. The molecule has 2 unspecified atom stereocenters. The van der Waals surface area contributed by atoms with E-state index in [1.54, 1.807) is 24.3 Å². The van der Waals surface area contributed by atoms with E-state index in [2.05, 4.69) is 39.2 Å². The molecule has 250 valence electrons. The fourth-order valence-corrected chi connectivity index (χ4v) is 5.59. The second-order valence-corrected chi connectivity index (χ2v) is 11.1. The summed E-state index contributed by atoms with van der Waals surface area (Å²) in [6.45, 7) is 2.31. The van der Waals surface area contributed by atoms with E-state index in [1.807, 2.05) is 6.07 Å². The van der Waals surface area contributed by atoms with Crippen LogP contribution in [0.5, 0.6) is 5.75 Å². The summed E-state index contributed by atoms with van der Waals surface area (Å²) in [5, 5.41) is 26.2. The highest BCUT2D eigenvalue weighted by atomic mass is 19.4. The van der Waals surface area contributed by atoms with E-state index in [-0.39, 0.29) is 48.7 Å².